The van der Waals surface area contributed by atoms with Gasteiger partial charge < -0.3 is 20.3 Å². The minimum atomic E-state index is -2.97. The molecule has 1 atom stereocenters. The highest BCUT2D eigenvalue weighted by molar-refractivity contribution is 14.0. The Kier molecular flexibility index (Phi) is 10.7. The fourth-order valence-electron chi connectivity index (χ4n) is 2.73. The monoisotopic (exact) mass is 530 g/mol. The Bertz CT molecular complexity index is 718. The van der Waals surface area contributed by atoms with Gasteiger partial charge in [0.1, 0.15) is 9.84 Å². The average Bonchev–Trinajstić information content (AvgIpc) is 3.04. The number of guanidine groups is 1. The number of halogens is 2. The Balaban J connectivity index is 0.00000364. The lowest BCUT2D eigenvalue weighted by atomic mass is 10.3. The molecule has 0 aliphatic carbocycles. The zero-order chi connectivity index (χ0) is 19.0. The van der Waals surface area contributed by atoms with Crippen molar-refractivity contribution in [2.24, 2.45) is 4.99 Å². The lowest BCUT2D eigenvalue weighted by Gasteiger charge is -2.20. The summed E-state index contributed by atoms with van der Waals surface area (Å²) in [6.45, 7) is 3.04. The number of rotatable bonds is 8. The lowest BCUT2D eigenvalue weighted by molar-refractivity contribution is 0.154. The first-order chi connectivity index (χ1) is 12.4. The van der Waals surface area contributed by atoms with Crippen molar-refractivity contribution in [2.75, 3.05) is 56.8 Å². The maximum absolute atomic E-state index is 11.0. The molecule has 0 radical (unpaired) electrons. The maximum atomic E-state index is 11.0. The van der Waals surface area contributed by atoms with Gasteiger partial charge in [-0.05, 0) is 24.6 Å². The van der Waals surface area contributed by atoms with Gasteiger partial charge in [-0.2, -0.15) is 0 Å². The first kappa shape index (κ1) is 24.3. The third kappa shape index (κ3) is 9.31. The van der Waals surface area contributed by atoms with Gasteiger partial charge >= 0.3 is 0 Å². The fraction of sp³-hybridized carbons (Fsp3) is 0.588. The van der Waals surface area contributed by atoms with Gasteiger partial charge in [0.05, 0.1) is 19.0 Å². The Morgan fingerprint density at radius 2 is 2.19 bits per heavy atom. The number of hydrogen-bond donors (Lipinski definition) is 2. The molecular formula is C17H28ClIN4O3S. The summed E-state index contributed by atoms with van der Waals surface area (Å²) >= 11 is 6.07. The third-order valence-electron chi connectivity index (χ3n) is 4.06. The maximum Gasteiger partial charge on any atom is 0.191 e. The highest BCUT2D eigenvalue weighted by Crippen LogP contribution is 2.23. The van der Waals surface area contributed by atoms with E-state index < -0.39 is 9.84 Å². The van der Waals surface area contributed by atoms with E-state index >= 15 is 0 Å². The van der Waals surface area contributed by atoms with E-state index in [1.807, 2.05) is 18.2 Å². The number of anilines is 1. The van der Waals surface area contributed by atoms with Gasteiger partial charge in [-0.3, -0.25) is 4.99 Å². The van der Waals surface area contributed by atoms with Crippen LogP contribution in [-0.2, 0) is 14.6 Å². The van der Waals surface area contributed by atoms with Crippen LogP contribution in [0.4, 0.5) is 5.69 Å². The summed E-state index contributed by atoms with van der Waals surface area (Å²) in [4.78, 5) is 6.52. The zero-order valence-corrected chi connectivity index (χ0v) is 19.6. The molecule has 1 saturated heterocycles. The second-order valence-corrected chi connectivity index (χ2v) is 8.99. The summed E-state index contributed by atoms with van der Waals surface area (Å²) in [6, 6.07) is 8.18. The Morgan fingerprint density at radius 3 is 2.85 bits per heavy atom. The Morgan fingerprint density at radius 1 is 1.41 bits per heavy atom. The molecule has 7 nitrogen and oxygen atoms in total. The van der Waals surface area contributed by atoms with Crippen molar-refractivity contribution in [3.63, 3.8) is 0 Å². The van der Waals surface area contributed by atoms with Gasteiger partial charge in [0.2, 0.25) is 0 Å². The van der Waals surface area contributed by atoms with E-state index in [0.717, 1.165) is 36.2 Å². The molecule has 0 spiro atoms. The minimum absolute atomic E-state index is 0. The van der Waals surface area contributed by atoms with Crippen LogP contribution < -0.4 is 15.5 Å². The Labute approximate surface area is 183 Å². The van der Waals surface area contributed by atoms with Crippen LogP contribution in [0.5, 0.6) is 0 Å². The molecule has 154 valence electrons. The standard InChI is InChI=1S/C17H27ClN4O3S.HI/c1-19-17(20-7-9-25-10-11-26(2,23)24)21-15-6-8-22(13-15)16-5-3-4-14(18)12-16;/h3-5,12,15H,6-11,13H2,1-2H3,(H2,19,20,21);1H. The largest absolute Gasteiger partial charge is 0.379 e. The van der Waals surface area contributed by atoms with Crippen LogP contribution in [0.2, 0.25) is 5.02 Å². The van der Waals surface area contributed by atoms with Crippen molar-refractivity contribution in [3.8, 4) is 0 Å². The number of nitrogens with one attached hydrogen (secondary N) is 2. The van der Waals surface area contributed by atoms with Crippen molar-refractivity contribution in [2.45, 2.75) is 12.5 Å². The number of aliphatic imine (C=N–C) groups is 1. The van der Waals surface area contributed by atoms with Gasteiger partial charge in [-0.1, -0.05) is 17.7 Å². The topological polar surface area (TPSA) is 83.0 Å². The van der Waals surface area contributed by atoms with Gasteiger partial charge in [0.25, 0.3) is 0 Å². The fourth-order valence-corrected chi connectivity index (χ4v) is 3.33. The van der Waals surface area contributed by atoms with Crippen LogP contribution in [0.1, 0.15) is 6.42 Å². The number of nitrogens with zero attached hydrogens (tertiary/aromatic N) is 2. The molecule has 1 fully saturated rings. The van der Waals surface area contributed by atoms with Crippen molar-refractivity contribution >= 4 is 57.1 Å². The van der Waals surface area contributed by atoms with E-state index in [2.05, 4.69) is 26.6 Å². The second-order valence-electron chi connectivity index (χ2n) is 6.30. The van der Waals surface area contributed by atoms with E-state index in [-0.39, 0.29) is 36.3 Å². The molecule has 0 aromatic heterocycles. The third-order valence-corrected chi connectivity index (χ3v) is 5.21. The smallest absolute Gasteiger partial charge is 0.191 e. The van der Waals surface area contributed by atoms with E-state index in [4.69, 9.17) is 16.3 Å². The molecule has 27 heavy (non-hydrogen) atoms. The highest BCUT2D eigenvalue weighted by Gasteiger charge is 2.23. The van der Waals surface area contributed by atoms with Gasteiger partial charge in [0, 0.05) is 49.7 Å². The molecule has 10 heteroatoms. The summed E-state index contributed by atoms with van der Waals surface area (Å²) in [5.74, 6) is 0.760. The van der Waals surface area contributed by atoms with Crippen LogP contribution in [0.25, 0.3) is 0 Å². The van der Waals surface area contributed by atoms with Crippen molar-refractivity contribution in [1.82, 2.24) is 10.6 Å². The molecule has 1 aliphatic heterocycles. The average molecular weight is 531 g/mol. The van der Waals surface area contributed by atoms with E-state index in [1.165, 1.54) is 6.26 Å². The van der Waals surface area contributed by atoms with Crippen LogP contribution in [0.15, 0.2) is 29.3 Å². The van der Waals surface area contributed by atoms with E-state index in [1.54, 1.807) is 7.05 Å². The van der Waals surface area contributed by atoms with Gasteiger partial charge in [-0.25, -0.2) is 8.42 Å². The van der Waals surface area contributed by atoms with Crippen molar-refractivity contribution in [3.05, 3.63) is 29.3 Å². The van der Waals surface area contributed by atoms with Crippen LogP contribution in [-0.4, -0.2) is 72.3 Å². The number of benzene rings is 1. The second kappa shape index (κ2) is 11.9. The van der Waals surface area contributed by atoms with Crippen LogP contribution in [0.3, 0.4) is 0 Å². The summed E-state index contributed by atoms with van der Waals surface area (Å²) < 4.78 is 27.4. The SMILES string of the molecule is CN=C(NCCOCCS(C)(=O)=O)NC1CCN(c2cccc(Cl)c2)C1.I. The summed E-state index contributed by atoms with van der Waals surface area (Å²) in [6.07, 6.45) is 2.22. The molecular weight excluding hydrogens is 503 g/mol. The first-order valence-electron chi connectivity index (χ1n) is 8.60. The Hall–Kier alpha value is -0.780. The van der Waals surface area contributed by atoms with Crippen molar-refractivity contribution in [1.29, 1.82) is 0 Å². The zero-order valence-electron chi connectivity index (χ0n) is 15.7. The van der Waals surface area contributed by atoms with Crippen LogP contribution in [0, 0.1) is 0 Å². The predicted molar refractivity (Wildman–Crippen MR) is 123 cm³/mol. The molecule has 0 bridgehead atoms. The molecule has 1 unspecified atom stereocenters. The number of sulfone groups is 1. The number of ether oxygens (including phenoxy) is 1. The molecule has 0 saturated carbocycles. The summed E-state index contributed by atoms with van der Waals surface area (Å²) in [5, 5.41) is 7.33. The molecule has 1 aliphatic rings. The number of hydrogen-bond acceptors (Lipinski definition) is 5. The first-order valence-corrected chi connectivity index (χ1v) is 11.0. The summed E-state index contributed by atoms with van der Waals surface area (Å²) in [7, 11) is -1.25. The molecule has 2 rings (SSSR count). The minimum Gasteiger partial charge on any atom is -0.379 e. The molecule has 1 aromatic rings. The lowest BCUT2D eigenvalue weighted by Crippen LogP contribution is -2.45. The molecule has 1 aromatic carbocycles. The van der Waals surface area contributed by atoms with Crippen molar-refractivity contribution < 1.29 is 13.2 Å². The molecule has 1 heterocycles. The quantitative estimate of drug-likeness (QED) is 0.231. The van der Waals surface area contributed by atoms with Gasteiger partial charge in [-0.15, -0.1) is 24.0 Å². The highest BCUT2D eigenvalue weighted by atomic mass is 127. The molecule has 0 amide bonds. The van der Waals surface area contributed by atoms with E-state index in [9.17, 15) is 8.42 Å². The normalized spacial score (nSPS) is 17.5. The predicted octanol–water partition coefficient (Wildman–Crippen LogP) is 1.76. The van der Waals surface area contributed by atoms with Crippen LogP contribution >= 0.6 is 35.6 Å². The van der Waals surface area contributed by atoms with Gasteiger partial charge in [0.15, 0.2) is 5.96 Å². The molecule has 2 N–H and O–H groups in total. The summed E-state index contributed by atoms with van der Waals surface area (Å²) in [5.41, 5.74) is 1.13. The van der Waals surface area contributed by atoms with E-state index in [0.29, 0.717) is 19.2 Å².